The van der Waals surface area contributed by atoms with Crippen LogP contribution in [0.4, 0.5) is 13.2 Å². The summed E-state index contributed by atoms with van der Waals surface area (Å²) in [6.45, 7) is 0. The molecule has 0 aliphatic rings. The minimum atomic E-state index is -4.35. The fourth-order valence-corrected chi connectivity index (χ4v) is 1.76. The first-order valence-electron chi connectivity index (χ1n) is 5.50. The van der Waals surface area contributed by atoms with Crippen LogP contribution in [0.25, 0.3) is 0 Å². The number of benzene rings is 2. The molecule has 0 radical (unpaired) electrons. The Bertz CT molecular complexity index is 523. The van der Waals surface area contributed by atoms with E-state index in [1.54, 1.807) is 24.3 Å². The molecule has 19 heavy (non-hydrogen) atoms. The van der Waals surface area contributed by atoms with Gasteiger partial charge in [0.1, 0.15) is 5.75 Å². The van der Waals surface area contributed by atoms with Gasteiger partial charge in [0.25, 0.3) is 0 Å². The molecule has 0 fully saturated rings. The highest BCUT2D eigenvalue weighted by Gasteiger charge is 2.30. The van der Waals surface area contributed by atoms with Crippen molar-refractivity contribution in [2.45, 2.75) is 11.7 Å². The molecule has 0 N–H and O–H groups in total. The van der Waals surface area contributed by atoms with Gasteiger partial charge in [-0.25, -0.2) is 0 Å². The molecule has 0 amide bonds. The highest BCUT2D eigenvalue weighted by atomic mass is 35.5. The number of ether oxygens (including phenoxy) is 1. The van der Waals surface area contributed by atoms with Crippen LogP contribution in [0.5, 0.6) is 5.75 Å². The summed E-state index contributed by atoms with van der Waals surface area (Å²) in [6, 6.07) is 13.4. The summed E-state index contributed by atoms with van der Waals surface area (Å²) in [5, 5.41) is 0. The normalized spacial score (nSPS) is 13.1. The Hall–Kier alpha value is -1.68. The molecule has 2 aromatic rings. The van der Waals surface area contributed by atoms with Gasteiger partial charge >= 0.3 is 6.18 Å². The van der Waals surface area contributed by atoms with Gasteiger partial charge in [0.15, 0.2) is 5.56 Å². The summed E-state index contributed by atoms with van der Waals surface area (Å²) in [7, 11) is 0. The second-order valence-electron chi connectivity index (χ2n) is 3.87. The Morgan fingerprint density at radius 3 is 2.00 bits per heavy atom. The van der Waals surface area contributed by atoms with E-state index in [0.29, 0.717) is 0 Å². The van der Waals surface area contributed by atoms with Crippen molar-refractivity contribution < 1.29 is 17.9 Å². The van der Waals surface area contributed by atoms with E-state index in [1.165, 1.54) is 12.1 Å². The second-order valence-corrected chi connectivity index (χ2v) is 4.26. The Kier molecular flexibility index (Phi) is 4.00. The van der Waals surface area contributed by atoms with Crippen LogP contribution >= 0.6 is 11.6 Å². The smallest absolute Gasteiger partial charge is 0.416 e. The first-order chi connectivity index (χ1) is 8.97. The molecule has 0 saturated carbocycles. The Labute approximate surface area is 113 Å². The molecule has 1 unspecified atom stereocenters. The predicted molar refractivity (Wildman–Crippen MR) is 67.1 cm³/mol. The van der Waals surface area contributed by atoms with Crippen molar-refractivity contribution in [2.75, 3.05) is 0 Å². The minimum absolute atomic E-state index is 0.289. The number of halogens is 4. The Morgan fingerprint density at radius 1 is 0.895 bits per heavy atom. The Balaban J connectivity index is 2.08. The van der Waals surface area contributed by atoms with Crippen LogP contribution in [0.15, 0.2) is 54.6 Å². The maximum atomic E-state index is 12.4. The fraction of sp³-hybridized carbons (Fsp3) is 0.143. The van der Waals surface area contributed by atoms with Crippen molar-refractivity contribution >= 4 is 11.6 Å². The zero-order chi connectivity index (χ0) is 13.9. The molecule has 0 saturated heterocycles. The summed E-state index contributed by atoms with van der Waals surface area (Å²) in [4.78, 5) is 0. The van der Waals surface area contributed by atoms with E-state index >= 15 is 0 Å². The van der Waals surface area contributed by atoms with Crippen molar-refractivity contribution in [1.29, 1.82) is 0 Å². The molecule has 0 aliphatic carbocycles. The summed E-state index contributed by atoms with van der Waals surface area (Å²) in [6.07, 6.45) is -4.35. The average molecular weight is 287 g/mol. The van der Waals surface area contributed by atoms with Crippen LogP contribution in [-0.4, -0.2) is 0 Å². The van der Waals surface area contributed by atoms with Gasteiger partial charge in [-0.1, -0.05) is 41.9 Å². The van der Waals surface area contributed by atoms with Crippen LogP contribution in [0, 0.1) is 0 Å². The lowest BCUT2D eigenvalue weighted by Crippen LogP contribution is -2.05. The molecule has 0 aromatic heterocycles. The second kappa shape index (κ2) is 5.53. The largest absolute Gasteiger partial charge is 0.470 e. The van der Waals surface area contributed by atoms with Gasteiger partial charge in [0, 0.05) is 5.56 Å². The van der Waals surface area contributed by atoms with Crippen molar-refractivity contribution in [1.82, 2.24) is 0 Å². The number of rotatable bonds is 3. The number of alkyl halides is 4. The minimum Gasteiger partial charge on any atom is -0.470 e. The highest BCUT2D eigenvalue weighted by Crippen LogP contribution is 2.31. The van der Waals surface area contributed by atoms with E-state index < -0.39 is 17.3 Å². The van der Waals surface area contributed by atoms with Crippen LogP contribution in [0.3, 0.4) is 0 Å². The molecule has 1 atom stereocenters. The third kappa shape index (κ3) is 3.64. The van der Waals surface area contributed by atoms with Gasteiger partial charge in [0.2, 0.25) is 0 Å². The zero-order valence-electron chi connectivity index (χ0n) is 9.69. The fourth-order valence-electron chi connectivity index (χ4n) is 1.51. The van der Waals surface area contributed by atoms with E-state index in [9.17, 15) is 13.2 Å². The molecule has 0 aliphatic heterocycles. The lowest BCUT2D eigenvalue weighted by Gasteiger charge is -2.13. The lowest BCUT2D eigenvalue weighted by molar-refractivity contribution is -0.137. The first kappa shape index (κ1) is 13.7. The van der Waals surface area contributed by atoms with Gasteiger partial charge in [-0.15, -0.1) is 0 Å². The van der Waals surface area contributed by atoms with E-state index in [1.807, 2.05) is 6.07 Å². The molecule has 0 spiro atoms. The monoisotopic (exact) mass is 286 g/mol. The third-order valence-corrected chi connectivity index (χ3v) is 2.82. The van der Waals surface area contributed by atoms with Crippen LogP contribution in [0.2, 0.25) is 0 Å². The summed E-state index contributed by atoms with van der Waals surface area (Å²) in [5.41, 5.74) is -0.715. The van der Waals surface area contributed by atoms with Crippen molar-refractivity contribution in [2.24, 2.45) is 0 Å². The number of hydrogen-bond donors (Lipinski definition) is 0. The predicted octanol–water partition coefficient (Wildman–Crippen LogP) is 5.02. The van der Waals surface area contributed by atoms with Gasteiger partial charge in [-0.3, -0.25) is 0 Å². The highest BCUT2D eigenvalue weighted by molar-refractivity contribution is 6.20. The quantitative estimate of drug-likeness (QED) is 0.720. The number of hydrogen-bond acceptors (Lipinski definition) is 1. The van der Waals surface area contributed by atoms with Crippen LogP contribution < -0.4 is 4.74 Å². The summed E-state index contributed by atoms with van der Waals surface area (Å²) in [5.74, 6) is 0.289. The topological polar surface area (TPSA) is 9.23 Å². The maximum absolute atomic E-state index is 12.4. The van der Waals surface area contributed by atoms with Crippen LogP contribution in [0.1, 0.15) is 16.7 Å². The lowest BCUT2D eigenvalue weighted by atomic mass is 10.2. The third-order valence-electron chi connectivity index (χ3n) is 2.48. The van der Waals surface area contributed by atoms with Gasteiger partial charge in [-0.05, 0) is 24.3 Å². The van der Waals surface area contributed by atoms with Gasteiger partial charge in [0.05, 0.1) is 5.56 Å². The SMILES string of the molecule is FC(F)(F)c1ccc(OC(Cl)c2ccccc2)cc1. The van der Waals surface area contributed by atoms with Crippen molar-refractivity contribution in [3.63, 3.8) is 0 Å². The van der Waals surface area contributed by atoms with Crippen LogP contribution in [-0.2, 0) is 6.18 Å². The summed E-state index contributed by atoms with van der Waals surface area (Å²) < 4.78 is 42.5. The standard InChI is InChI=1S/C14H10ClF3O/c15-13(10-4-2-1-3-5-10)19-12-8-6-11(7-9-12)14(16,17)18/h1-9,13H. The first-order valence-corrected chi connectivity index (χ1v) is 5.93. The average Bonchev–Trinajstić information content (AvgIpc) is 2.39. The van der Waals surface area contributed by atoms with E-state index in [2.05, 4.69) is 0 Å². The van der Waals surface area contributed by atoms with Crippen molar-refractivity contribution in [3.05, 3.63) is 65.7 Å². The molecule has 5 heteroatoms. The summed E-state index contributed by atoms with van der Waals surface area (Å²) >= 11 is 6.03. The van der Waals surface area contributed by atoms with E-state index in [4.69, 9.17) is 16.3 Å². The molecule has 100 valence electrons. The molecular formula is C14H10ClF3O. The molecule has 0 heterocycles. The molecular weight excluding hydrogens is 277 g/mol. The maximum Gasteiger partial charge on any atom is 0.416 e. The van der Waals surface area contributed by atoms with E-state index in [0.717, 1.165) is 17.7 Å². The van der Waals surface area contributed by atoms with Gasteiger partial charge in [-0.2, -0.15) is 13.2 Å². The molecule has 1 nitrogen and oxygen atoms in total. The molecule has 2 aromatic carbocycles. The van der Waals surface area contributed by atoms with Crippen molar-refractivity contribution in [3.8, 4) is 5.75 Å². The van der Waals surface area contributed by atoms with Gasteiger partial charge < -0.3 is 4.74 Å². The zero-order valence-corrected chi connectivity index (χ0v) is 10.4. The van der Waals surface area contributed by atoms with E-state index in [-0.39, 0.29) is 5.75 Å². The molecule has 0 bridgehead atoms. The Morgan fingerprint density at radius 2 is 1.47 bits per heavy atom. The molecule has 2 rings (SSSR count).